The molecule has 0 unspecified atom stereocenters. The van der Waals surface area contributed by atoms with E-state index in [9.17, 15) is 0 Å². The van der Waals surface area contributed by atoms with Gasteiger partial charge < -0.3 is 10.1 Å². The molecule has 0 saturated carbocycles. The lowest BCUT2D eigenvalue weighted by Crippen LogP contribution is -2.43. The SMILES string of the molecule is CC1(Oc2cccc(Cl)n2)CCNCC1. The first kappa shape index (κ1) is 10.7. The number of nitrogens with zero attached hydrogens (tertiary/aromatic N) is 1. The molecule has 1 aliphatic rings. The highest BCUT2D eigenvalue weighted by molar-refractivity contribution is 6.29. The quantitative estimate of drug-likeness (QED) is 0.786. The van der Waals surface area contributed by atoms with E-state index in [-0.39, 0.29) is 5.60 Å². The molecule has 3 nitrogen and oxygen atoms in total. The molecule has 1 aromatic heterocycles. The minimum Gasteiger partial charge on any atom is -0.471 e. The van der Waals surface area contributed by atoms with E-state index in [4.69, 9.17) is 16.3 Å². The van der Waals surface area contributed by atoms with Crippen molar-refractivity contribution in [3.05, 3.63) is 23.4 Å². The van der Waals surface area contributed by atoms with Crippen LogP contribution in [0.4, 0.5) is 0 Å². The van der Waals surface area contributed by atoms with Crippen molar-refractivity contribution in [1.82, 2.24) is 10.3 Å². The number of piperidine rings is 1. The summed E-state index contributed by atoms with van der Waals surface area (Å²) in [7, 11) is 0. The van der Waals surface area contributed by atoms with Crippen LogP contribution in [-0.4, -0.2) is 23.7 Å². The maximum Gasteiger partial charge on any atom is 0.215 e. The van der Waals surface area contributed by atoms with Crippen LogP contribution in [0.15, 0.2) is 18.2 Å². The Morgan fingerprint density at radius 1 is 1.40 bits per heavy atom. The zero-order chi connectivity index (χ0) is 10.7. The fraction of sp³-hybridized carbons (Fsp3) is 0.545. The maximum atomic E-state index is 5.89. The third-order valence-corrected chi connectivity index (χ3v) is 2.91. The normalized spacial score (nSPS) is 19.9. The second kappa shape index (κ2) is 4.37. The Bertz CT molecular complexity index is 337. The number of aromatic nitrogens is 1. The van der Waals surface area contributed by atoms with E-state index in [1.807, 2.05) is 12.1 Å². The van der Waals surface area contributed by atoms with E-state index >= 15 is 0 Å². The molecule has 1 aliphatic heterocycles. The summed E-state index contributed by atoms with van der Waals surface area (Å²) < 4.78 is 5.89. The first-order chi connectivity index (χ1) is 7.18. The van der Waals surface area contributed by atoms with Gasteiger partial charge in [-0.2, -0.15) is 0 Å². The third kappa shape index (κ3) is 2.83. The summed E-state index contributed by atoms with van der Waals surface area (Å²) in [5, 5.41) is 3.79. The Hall–Kier alpha value is -0.800. The monoisotopic (exact) mass is 226 g/mol. The summed E-state index contributed by atoms with van der Waals surface area (Å²) >= 11 is 5.80. The summed E-state index contributed by atoms with van der Waals surface area (Å²) in [5.74, 6) is 0.618. The van der Waals surface area contributed by atoms with E-state index < -0.39 is 0 Å². The first-order valence-corrected chi connectivity index (χ1v) is 5.58. The molecule has 0 bridgehead atoms. The van der Waals surface area contributed by atoms with Gasteiger partial charge in [0.1, 0.15) is 10.8 Å². The van der Waals surface area contributed by atoms with Crippen molar-refractivity contribution in [1.29, 1.82) is 0 Å². The van der Waals surface area contributed by atoms with Crippen molar-refractivity contribution >= 4 is 11.6 Å². The van der Waals surface area contributed by atoms with Gasteiger partial charge in [-0.25, -0.2) is 4.98 Å². The van der Waals surface area contributed by atoms with E-state index in [0.717, 1.165) is 25.9 Å². The molecule has 2 heterocycles. The summed E-state index contributed by atoms with van der Waals surface area (Å²) in [6.45, 7) is 4.12. The molecule has 15 heavy (non-hydrogen) atoms. The number of pyridine rings is 1. The summed E-state index contributed by atoms with van der Waals surface area (Å²) in [6.07, 6.45) is 2.00. The van der Waals surface area contributed by atoms with Gasteiger partial charge in [0, 0.05) is 6.07 Å². The van der Waals surface area contributed by atoms with Gasteiger partial charge in [0.2, 0.25) is 5.88 Å². The fourth-order valence-electron chi connectivity index (χ4n) is 1.76. The molecule has 0 amide bonds. The molecule has 0 atom stereocenters. The molecular weight excluding hydrogens is 212 g/mol. The standard InChI is InChI=1S/C11H15ClN2O/c1-11(5-7-13-8-6-11)15-10-4-2-3-9(12)14-10/h2-4,13H,5-8H2,1H3. The van der Waals surface area contributed by atoms with Gasteiger partial charge in [-0.15, -0.1) is 0 Å². The van der Waals surface area contributed by atoms with Gasteiger partial charge in [-0.1, -0.05) is 17.7 Å². The molecule has 82 valence electrons. The topological polar surface area (TPSA) is 34.1 Å². The van der Waals surface area contributed by atoms with E-state index in [2.05, 4.69) is 17.2 Å². The van der Waals surface area contributed by atoms with E-state index in [1.54, 1.807) is 6.07 Å². The van der Waals surface area contributed by atoms with Crippen LogP contribution >= 0.6 is 11.6 Å². The summed E-state index contributed by atoms with van der Waals surface area (Å²) in [6, 6.07) is 5.45. The molecule has 1 saturated heterocycles. The van der Waals surface area contributed by atoms with Gasteiger partial charge in [-0.05, 0) is 38.9 Å². The molecule has 1 fully saturated rings. The van der Waals surface area contributed by atoms with Gasteiger partial charge in [0.05, 0.1) is 0 Å². The highest BCUT2D eigenvalue weighted by Crippen LogP contribution is 2.25. The lowest BCUT2D eigenvalue weighted by atomic mass is 9.95. The Labute approximate surface area is 94.8 Å². The van der Waals surface area contributed by atoms with E-state index in [1.165, 1.54) is 0 Å². The van der Waals surface area contributed by atoms with Crippen LogP contribution in [0.3, 0.4) is 0 Å². The lowest BCUT2D eigenvalue weighted by Gasteiger charge is -2.34. The zero-order valence-corrected chi connectivity index (χ0v) is 9.55. The van der Waals surface area contributed by atoms with Gasteiger partial charge >= 0.3 is 0 Å². The van der Waals surface area contributed by atoms with Gasteiger partial charge in [0.15, 0.2) is 0 Å². The molecule has 0 aromatic carbocycles. The average Bonchev–Trinajstić information content (AvgIpc) is 2.18. The van der Waals surface area contributed by atoms with Crippen LogP contribution in [-0.2, 0) is 0 Å². The van der Waals surface area contributed by atoms with Crippen molar-refractivity contribution in [3.63, 3.8) is 0 Å². The average molecular weight is 227 g/mol. The minimum atomic E-state index is -0.108. The Morgan fingerprint density at radius 3 is 2.80 bits per heavy atom. The van der Waals surface area contributed by atoms with Crippen LogP contribution in [0.25, 0.3) is 0 Å². The Morgan fingerprint density at radius 2 is 2.13 bits per heavy atom. The van der Waals surface area contributed by atoms with Crippen LogP contribution in [0.5, 0.6) is 5.88 Å². The van der Waals surface area contributed by atoms with Crippen molar-refractivity contribution in [2.75, 3.05) is 13.1 Å². The van der Waals surface area contributed by atoms with Crippen LogP contribution in [0.2, 0.25) is 5.15 Å². The van der Waals surface area contributed by atoms with Crippen molar-refractivity contribution < 1.29 is 4.74 Å². The largest absolute Gasteiger partial charge is 0.471 e. The molecule has 1 aromatic rings. The Balaban J connectivity index is 2.06. The van der Waals surface area contributed by atoms with Gasteiger partial charge in [-0.3, -0.25) is 0 Å². The number of hydrogen-bond donors (Lipinski definition) is 1. The highest BCUT2D eigenvalue weighted by atomic mass is 35.5. The second-order valence-corrected chi connectivity index (χ2v) is 4.49. The van der Waals surface area contributed by atoms with Crippen molar-refractivity contribution in [2.45, 2.75) is 25.4 Å². The molecule has 1 N–H and O–H groups in total. The van der Waals surface area contributed by atoms with Crippen LogP contribution in [0.1, 0.15) is 19.8 Å². The number of ether oxygens (including phenoxy) is 1. The second-order valence-electron chi connectivity index (χ2n) is 4.10. The summed E-state index contributed by atoms with van der Waals surface area (Å²) in [5.41, 5.74) is -0.108. The lowest BCUT2D eigenvalue weighted by molar-refractivity contribution is 0.0509. The minimum absolute atomic E-state index is 0.108. The predicted molar refractivity (Wildman–Crippen MR) is 60.4 cm³/mol. The smallest absolute Gasteiger partial charge is 0.215 e. The molecular formula is C11H15ClN2O. The number of hydrogen-bond acceptors (Lipinski definition) is 3. The van der Waals surface area contributed by atoms with Crippen LogP contribution in [0, 0.1) is 0 Å². The first-order valence-electron chi connectivity index (χ1n) is 5.20. The zero-order valence-electron chi connectivity index (χ0n) is 8.79. The van der Waals surface area contributed by atoms with Crippen molar-refractivity contribution in [2.24, 2.45) is 0 Å². The Kier molecular flexibility index (Phi) is 3.12. The number of nitrogens with one attached hydrogen (secondary N) is 1. The molecule has 0 aliphatic carbocycles. The number of rotatable bonds is 2. The fourth-order valence-corrected chi connectivity index (χ4v) is 1.91. The van der Waals surface area contributed by atoms with Gasteiger partial charge in [0.25, 0.3) is 0 Å². The summed E-state index contributed by atoms with van der Waals surface area (Å²) in [4.78, 5) is 4.14. The van der Waals surface area contributed by atoms with E-state index in [0.29, 0.717) is 11.0 Å². The number of halogens is 1. The molecule has 4 heteroatoms. The van der Waals surface area contributed by atoms with Crippen molar-refractivity contribution in [3.8, 4) is 5.88 Å². The molecule has 0 spiro atoms. The predicted octanol–water partition coefficient (Wildman–Crippen LogP) is 2.26. The molecule has 2 rings (SSSR count). The van der Waals surface area contributed by atoms with Crippen LogP contribution < -0.4 is 10.1 Å². The highest BCUT2D eigenvalue weighted by Gasteiger charge is 2.28. The maximum absolute atomic E-state index is 5.89. The molecule has 0 radical (unpaired) electrons. The third-order valence-electron chi connectivity index (χ3n) is 2.70.